The molecule has 0 atom stereocenters. The van der Waals surface area contributed by atoms with E-state index in [0.29, 0.717) is 0 Å². The molecule has 28 heavy (non-hydrogen) atoms. The third-order valence-electron chi connectivity index (χ3n) is 3.58. The van der Waals surface area contributed by atoms with Crippen molar-refractivity contribution in [2.24, 2.45) is 0 Å². The molecule has 0 radical (unpaired) electrons. The van der Waals surface area contributed by atoms with Crippen LogP contribution in [-0.2, 0) is 17.1 Å². The molecule has 2 aromatic carbocycles. The number of nitrogens with zero attached hydrogens (tertiary/aromatic N) is 1. The summed E-state index contributed by atoms with van der Waals surface area (Å²) in [4.78, 5) is 11.7. The lowest BCUT2D eigenvalue weighted by Crippen LogP contribution is -2.10. The van der Waals surface area contributed by atoms with Gasteiger partial charge in [-0.3, -0.25) is 4.79 Å². The van der Waals surface area contributed by atoms with Crippen molar-refractivity contribution in [2.45, 2.75) is 6.61 Å². The largest absolute Gasteiger partial charge is 0.489 e. The zero-order valence-corrected chi connectivity index (χ0v) is 14.7. The van der Waals surface area contributed by atoms with E-state index in [1.54, 1.807) is 0 Å². The Kier molecular flexibility index (Phi) is 5.36. The number of hydrogen-bond donors (Lipinski definition) is 1. The first-order chi connectivity index (χ1) is 13.2. The van der Waals surface area contributed by atoms with Crippen molar-refractivity contribution in [3.8, 4) is 22.6 Å². The summed E-state index contributed by atoms with van der Waals surface area (Å²) in [5, 5.41) is 5.68. The minimum absolute atomic E-state index is 0.0383. The molecule has 3 rings (SSSR count). The van der Waals surface area contributed by atoms with Crippen LogP contribution in [0.4, 0.5) is 12.7 Å². The molecule has 0 fully saturated rings. The van der Waals surface area contributed by atoms with Gasteiger partial charge in [0.05, 0.1) is 11.1 Å². The van der Waals surface area contributed by atoms with Crippen LogP contribution in [0.15, 0.2) is 53.5 Å². The maximum absolute atomic E-state index is 14.3. The van der Waals surface area contributed by atoms with Crippen molar-refractivity contribution < 1.29 is 30.0 Å². The summed E-state index contributed by atoms with van der Waals surface area (Å²) in [6.45, 7) is -0.480. The first kappa shape index (κ1) is 19.4. The van der Waals surface area contributed by atoms with Crippen molar-refractivity contribution in [1.29, 1.82) is 0 Å². The Balaban J connectivity index is 1.76. The fourth-order valence-corrected chi connectivity index (χ4v) is 2.67. The van der Waals surface area contributed by atoms with Crippen molar-refractivity contribution in [1.82, 2.24) is 10.2 Å². The zero-order valence-electron chi connectivity index (χ0n) is 13.9. The highest BCUT2D eigenvalue weighted by Gasteiger charge is 2.15. The number of aromatic nitrogens is 2. The average Bonchev–Trinajstić information content (AvgIpc) is 2.61. The summed E-state index contributed by atoms with van der Waals surface area (Å²) < 4.78 is 71.1. The van der Waals surface area contributed by atoms with E-state index < -0.39 is 34.3 Å². The molecule has 0 saturated heterocycles. The summed E-state index contributed by atoms with van der Waals surface area (Å²) in [6.07, 6.45) is 1.28. The maximum atomic E-state index is 14.3. The van der Waals surface area contributed by atoms with Crippen molar-refractivity contribution >= 4 is 10.5 Å². The van der Waals surface area contributed by atoms with Crippen LogP contribution in [0, 0.1) is 11.6 Å². The molecule has 146 valence electrons. The van der Waals surface area contributed by atoms with E-state index in [9.17, 15) is 25.9 Å². The second kappa shape index (κ2) is 7.72. The molecule has 1 heterocycles. The van der Waals surface area contributed by atoms with E-state index in [-0.39, 0.29) is 28.2 Å². The molecule has 0 bridgehead atoms. The number of H-pyrrole nitrogens is 1. The lowest BCUT2D eigenvalue weighted by molar-refractivity contribution is 0.292. The molecule has 0 aliphatic heterocycles. The fraction of sp³-hybridized carbons (Fsp3) is 0.0588. The van der Waals surface area contributed by atoms with Gasteiger partial charge in [0.15, 0.2) is 0 Å². The Hall–Kier alpha value is -3.34. The van der Waals surface area contributed by atoms with Gasteiger partial charge in [0.2, 0.25) is 0 Å². The highest BCUT2D eigenvalue weighted by atomic mass is 32.3. The number of nitrogens with one attached hydrogen (secondary N) is 1. The second-order valence-corrected chi connectivity index (χ2v) is 6.41. The topological polar surface area (TPSA) is 98.3 Å². The van der Waals surface area contributed by atoms with E-state index in [0.717, 1.165) is 24.3 Å². The predicted molar refractivity (Wildman–Crippen MR) is 91.6 cm³/mol. The van der Waals surface area contributed by atoms with Crippen molar-refractivity contribution in [2.75, 3.05) is 0 Å². The zero-order chi connectivity index (χ0) is 20.3. The molecule has 0 saturated carbocycles. The van der Waals surface area contributed by atoms with E-state index in [1.807, 2.05) is 0 Å². The normalized spacial score (nSPS) is 11.2. The summed E-state index contributed by atoms with van der Waals surface area (Å²) >= 11 is 0. The van der Waals surface area contributed by atoms with Gasteiger partial charge in [-0.05, 0) is 48.0 Å². The molecular weight excluding hydrogens is 401 g/mol. The summed E-state index contributed by atoms with van der Waals surface area (Å²) in [7, 11) is -5.16. The molecule has 0 spiro atoms. The first-order valence-electron chi connectivity index (χ1n) is 7.62. The number of aromatic amines is 1. The van der Waals surface area contributed by atoms with Crippen LogP contribution >= 0.6 is 0 Å². The highest BCUT2D eigenvalue weighted by molar-refractivity contribution is 7.81. The minimum atomic E-state index is -5.16. The van der Waals surface area contributed by atoms with E-state index in [2.05, 4.69) is 14.4 Å². The van der Waals surface area contributed by atoms with Crippen LogP contribution in [0.5, 0.6) is 11.5 Å². The number of halogens is 3. The van der Waals surface area contributed by atoms with Crippen LogP contribution < -0.4 is 14.5 Å². The van der Waals surface area contributed by atoms with Crippen molar-refractivity contribution in [3.63, 3.8) is 0 Å². The van der Waals surface area contributed by atoms with Gasteiger partial charge in [-0.1, -0.05) is 3.89 Å². The summed E-state index contributed by atoms with van der Waals surface area (Å²) in [5.41, 5.74) is -0.876. The van der Waals surface area contributed by atoms with Gasteiger partial charge < -0.3 is 8.92 Å². The number of ether oxygens (including phenoxy) is 1. The van der Waals surface area contributed by atoms with Crippen LogP contribution in [0.25, 0.3) is 11.1 Å². The molecule has 0 unspecified atom stereocenters. The SMILES string of the molecule is O=c1[nH]nccc1-c1cc(F)c(COc2ccc(OS(=O)(=O)F)cc2)c(F)c1. The van der Waals surface area contributed by atoms with E-state index in [4.69, 9.17) is 4.74 Å². The maximum Gasteiger partial charge on any atom is 0.488 e. The smallest absolute Gasteiger partial charge is 0.488 e. The molecule has 3 aromatic rings. The second-order valence-electron chi connectivity index (χ2n) is 5.45. The van der Waals surface area contributed by atoms with Crippen LogP contribution in [0.1, 0.15) is 5.56 Å². The van der Waals surface area contributed by atoms with E-state index in [1.165, 1.54) is 24.4 Å². The quantitative estimate of drug-likeness (QED) is 0.625. The van der Waals surface area contributed by atoms with Gasteiger partial charge in [0, 0.05) is 6.20 Å². The van der Waals surface area contributed by atoms with Crippen LogP contribution in [0.3, 0.4) is 0 Å². The third kappa shape index (κ3) is 4.68. The van der Waals surface area contributed by atoms with Gasteiger partial charge in [0.1, 0.15) is 29.7 Å². The Labute approximate surface area is 156 Å². The lowest BCUT2D eigenvalue weighted by atomic mass is 10.0. The van der Waals surface area contributed by atoms with Crippen LogP contribution in [0.2, 0.25) is 0 Å². The lowest BCUT2D eigenvalue weighted by Gasteiger charge is -2.10. The monoisotopic (exact) mass is 412 g/mol. The molecule has 11 heteroatoms. The summed E-state index contributed by atoms with van der Waals surface area (Å²) in [5.74, 6) is -2.00. The molecule has 0 aliphatic carbocycles. The Morgan fingerprint density at radius 2 is 1.61 bits per heavy atom. The number of hydrogen-bond acceptors (Lipinski definition) is 6. The molecule has 0 aliphatic rings. The van der Waals surface area contributed by atoms with E-state index >= 15 is 0 Å². The van der Waals surface area contributed by atoms with Gasteiger partial charge in [-0.25, -0.2) is 13.9 Å². The highest BCUT2D eigenvalue weighted by Crippen LogP contribution is 2.24. The summed E-state index contributed by atoms with van der Waals surface area (Å²) in [6, 6.07) is 8.01. The number of rotatable bonds is 6. The molecular formula is C17H11F3N2O5S. The van der Waals surface area contributed by atoms with Gasteiger partial charge in [0.25, 0.3) is 5.56 Å². The Morgan fingerprint density at radius 1 is 1.00 bits per heavy atom. The predicted octanol–water partition coefficient (Wildman–Crippen LogP) is 2.89. The average molecular weight is 412 g/mol. The fourth-order valence-electron chi connectivity index (χ4n) is 2.33. The standard InChI is InChI=1S/C17H11F3N2O5S/c18-15-7-10(13-5-6-21-22-17(13)23)8-16(19)14(15)9-26-11-1-3-12(4-2-11)27-28(20,24)25/h1-8H,9H2,(H,22,23). The molecule has 7 nitrogen and oxygen atoms in total. The molecule has 1 aromatic heterocycles. The minimum Gasteiger partial charge on any atom is -0.489 e. The van der Waals surface area contributed by atoms with Crippen molar-refractivity contribution in [3.05, 3.63) is 76.2 Å². The molecule has 1 N–H and O–H groups in total. The Morgan fingerprint density at radius 3 is 2.18 bits per heavy atom. The van der Waals surface area contributed by atoms with Gasteiger partial charge >= 0.3 is 10.5 Å². The van der Waals surface area contributed by atoms with Crippen LogP contribution in [-0.4, -0.2) is 18.6 Å². The van der Waals surface area contributed by atoms with Gasteiger partial charge in [-0.2, -0.15) is 13.5 Å². The molecule has 0 amide bonds. The van der Waals surface area contributed by atoms with Gasteiger partial charge in [-0.15, -0.1) is 0 Å². The first-order valence-corrected chi connectivity index (χ1v) is 8.93. The third-order valence-corrected chi connectivity index (χ3v) is 3.97. The Bertz CT molecular complexity index is 1140. The number of benzene rings is 2.